The van der Waals surface area contributed by atoms with E-state index in [0.29, 0.717) is 0 Å². The third-order valence-corrected chi connectivity index (χ3v) is 5.22. The highest BCUT2D eigenvalue weighted by molar-refractivity contribution is 4.84. The summed E-state index contributed by atoms with van der Waals surface area (Å²) >= 11 is 0. The van der Waals surface area contributed by atoms with Crippen molar-refractivity contribution in [1.82, 2.24) is 0 Å². The molecule has 17 heavy (non-hydrogen) atoms. The topological polar surface area (TPSA) is 0 Å². The maximum absolute atomic E-state index is 13.2. The molecule has 0 unspecified atom stereocenters. The maximum atomic E-state index is 13.2. The normalized spacial score (nSPS) is 40.2. The van der Waals surface area contributed by atoms with Crippen LogP contribution in [0.15, 0.2) is 0 Å². The molecule has 2 rings (SSSR count). The van der Waals surface area contributed by atoms with Gasteiger partial charge in [0.05, 0.1) is 0 Å². The standard InChI is InChI=1S/C15H26F2/c1-11-3-5-12(6-4-11)13-7-9-14(10-8-13)15(2,16)17/h11-14H,3-10H2,1-2H3. The zero-order valence-electron chi connectivity index (χ0n) is 11.2. The third-order valence-electron chi connectivity index (χ3n) is 5.22. The lowest BCUT2D eigenvalue weighted by atomic mass is 9.69. The van der Waals surface area contributed by atoms with Crippen molar-refractivity contribution in [2.75, 3.05) is 0 Å². The Morgan fingerprint density at radius 1 is 0.765 bits per heavy atom. The van der Waals surface area contributed by atoms with Crippen LogP contribution in [-0.4, -0.2) is 5.92 Å². The molecule has 0 aromatic heterocycles. The van der Waals surface area contributed by atoms with Gasteiger partial charge in [0, 0.05) is 5.92 Å². The first-order chi connectivity index (χ1) is 7.97. The molecule has 0 N–H and O–H groups in total. The fraction of sp³-hybridized carbons (Fsp3) is 1.00. The molecule has 0 aromatic carbocycles. The first-order valence-corrected chi connectivity index (χ1v) is 7.34. The van der Waals surface area contributed by atoms with Gasteiger partial charge in [0.15, 0.2) is 0 Å². The highest BCUT2D eigenvalue weighted by atomic mass is 19.3. The molecule has 0 bridgehead atoms. The van der Waals surface area contributed by atoms with Crippen LogP contribution < -0.4 is 0 Å². The summed E-state index contributed by atoms with van der Waals surface area (Å²) in [5, 5.41) is 0. The van der Waals surface area contributed by atoms with E-state index in [0.717, 1.165) is 50.4 Å². The van der Waals surface area contributed by atoms with Crippen molar-refractivity contribution < 1.29 is 8.78 Å². The summed E-state index contributed by atoms with van der Waals surface area (Å²) in [4.78, 5) is 0. The van der Waals surface area contributed by atoms with Crippen molar-refractivity contribution in [2.24, 2.45) is 23.7 Å². The lowest BCUT2D eigenvalue weighted by Crippen LogP contribution is -2.32. The van der Waals surface area contributed by atoms with Gasteiger partial charge in [-0.05, 0) is 63.2 Å². The van der Waals surface area contributed by atoms with Crippen LogP contribution in [0.2, 0.25) is 0 Å². The SMILES string of the molecule is CC1CCC(C2CCC(C(C)(F)F)CC2)CC1. The molecule has 0 amide bonds. The summed E-state index contributed by atoms with van der Waals surface area (Å²) in [6.45, 7) is 3.44. The monoisotopic (exact) mass is 244 g/mol. The van der Waals surface area contributed by atoms with Gasteiger partial charge < -0.3 is 0 Å². The molecule has 2 saturated carbocycles. The van der Waals surface area contributed by atoms with E-state index in [-0.39, 0.29) is 5.92 Å². The first-order valence-electron chi connectivity index (χ1n) is 7.34. The van der Waals surface area contributed by atoms with Crippen molar-refractivity contribution >= 4 is 0 Å². The van der Waals surface area contributed by atoms with Gasteiger partial charge in [-0.25, -0.2) is 8.78 Å². The summed E-state index contributed by atoms with van der Waals surface area (Å²) in [6, 6.07) is 0. The zero-order chi connectivity index (χ0) is 12.5. The average Bonchev–Trinajstić information content (AvgIpc) is 2.29. The van der Waals surface area contributed by atoms with Gasteiger partial charge in [0.1, 0.15) is 0 Å². The maximum Gasteiger partial charge on any atom is 0.248 e. The Hall–Kier alpha value is -0.140. The van der Waals surface area contributed by atoms with E-state index in [1.54, 1.807) is 0 Å². The molecule has 0 nitrogen and oxygen atoms in total. The summed E-state index contributed by atoms with van der Waals surface area (Å²) in [5.41, 5.74) is 0. The van der Waals surface area contributed by atoms with E-state index in [4.69, 9.17) is 0 Å². The van der Waals surface area contributed by atoms with E-state index in [1.165, 1.54) is 25.7 Å². The predicted molar refractivity (Wildman–Crippen MR) is 67.2 cm³/mol. The van der Waals surface area contributed by atoms with E-state index in [1.807, 2.05) is 0 Å². The second-order valence-corrected chi connectivity index (χ2v) is 6.59. The molecule has 2 aliphatic rings. The van der Waals surface area contributed by atoms with Crippen molar-refractivity contribution in [1.29, 1.82) is 0 Å². The van der Waals surface area contributed by atoms with Crippen molar-refractivity contribution in [2.45, 2.75) is 71.1 Å². The fourth-order valence-corrected chi connectivity index (χ4v) is 3.85. The van der Waals surface area contributed by atoms with E-state index in [2.05, 4.69) is 6.92 Å². The van der Waals surface area contributed by atoms with Gasteiger partial charge in [-0.2, -0.15) is 0 Å². The number of hydrogen-bond donors (Lipinski definition) is 0. The Morgan fingerprint density at radius 2 is 1.18 bits per heavy atom. The smallest absolute Gasteiger partial charge is 0.207 e. The summed E-state index contributed by atoms with van der Waals surface area (Å²) in [6.07, 6.45) is 9.00. The molecule has 0 atom stereocenters. The second kappa shape index (κ2) is 5.24. The van der Waals surface area contributed by atoms with Crippen molar-refractivity contribution in [3.05, 3.63) is 0 Å². The highest BCUT2D eigenvalue weighted by Crippen LogP contribution is 2.44. The first kappa shape index (κ1) is 13.3. The van der Waals surface area contributed by atoms with Gasteiger partial charge in [-0.3, -0.25) is 0 Å². The largest absolute Gasteiger partial charge is 0.248 e. The van der Waals surface area contributed by atoms with Crippen LogP contribution >= 0.6 is 0 Å². The van der Waals surface area contributed by atoms with Crippen LogP contribution in [0.25, 0.3) is 0 Å². The van der Waals surface area contributed by atoms with E-state index >= 15 is 0 Å². The zero-order valence-corrected chi connectivity index (χ0v) is 11.2. The Morgan fingerprint density at radius 3 is 1.59 bits per heavy atom. The third kappa shape index (κ3) is 3.42. The Labute approximate surface area is 104 Å². The molecule has 0 aromatic rings. The van der Waals surface area contributed by atoms with Crippen LogP contribution in [0, 0.1) is 23.7 Å². The predicted octanol–water partition coefficient (Wildman–Crippen LogP) is 5.27. The quantitative estimate of drug-likeness (QED) is 0.620. The van der Waals surface area contributed by atoms with Gasteiger partial charge in [-0.15, -0.1) is 0 Å². The minimum Gasteiger partial charge on any atom is -0.207 e. The minimum absolute atomic E-state index is 0.346. The van der Waals surface area contributed by atoms with E-state index in [9.17, 15) is 8.78 Å². The molecule has 0 saturated heterocycles. The fourth-order valence-electron chi connectivity index (χ4n) is 3.85. The second-order valence-electron chi connectivity index (χ2n) is 6.59. The molecule has 2 fully saturated rings. The highest BCUT2D eigenvalue weighted by Gasteiger charge is 2.38. The number of hydrogen-bond acceptors (Lipinski definition) is 0. The Kier molecular flexibility index (Phi) is 4.10. The molecule has 0 radical (unpaired) electrons. The van der Waals surface area contributed by atoms with E-state index < -0.39 is 5.92 Å². The van der Waals surface area contributed by atoms with Crippen LogP contribution in [0.5, 0.6) is 0 Å². The lowest BCUT2D eigenvalue weighted by molar-refractivity contribution is -0.0617. The molecule has 2 heteroatoms. The molecule has 2 aliphatic carbocycles. The lowest BCUT2D eigenvalue weighted by Gasteiger charge is -2.38. The van der Waals surface area contributed by atoms with Crippen molar-refractivity contribution in [3.8, 4) is 0 Å². The van der Waals surface area contributed by atoms with Gasteiger partial charge >= 0.3 is 0 Å². The molecular formula is C15H26F2. The molecule has 0 heterocycles. The van der Waals surface area contributed by atoms with Gasteiger partial charge in [-0.1, -0.05) is 19.8 Å². The summed E-state index contributed by atoms with van der Waals surface area (Å²) in [7, 11) is 0. The number of rotatable bonds is 2. The van der Waals surface area contributed by atoms with Gasteiger partial charge in [0.25, 0.3) is 0 Å². The van der Waals surface area contributed by atoms with Gasteiger partial charge in [0.2, 0.25) is 5.92 Å². The Balaban J connectivity index is 1.79. The molecule has 0 aliphatic heterocycles. The summed E-state index contributed by atoms with van der Waals surface area (Å²) < 4.78 is 26.5. The van der Waals surface area contributed by atoms with Crippen LogP contribution in [0.3, 0.4) is 0 Å². The summed E-state index contributed by atoms with van der Waals surface area (Å²) in [5.74, 6) is -0.311. The van der Waals surface area contributed by atoms with Crippen molar-refractivity contribution in [3.63, 3.8) is 0 Å². The Bertz CT molecular complexity index is 228. The van der Waals surface area contributed by atoms with Crippen LogP contribution in [0.4, 0.5) is 8.78 Å². The van der Waals surface area contributed by atoms with Crippen LogP contribution in [-0.2, 0) is 0 Å². The molecule has 0 spiro atoms. The average molecular weight is 244 g/mol. The van der Waals surface area contributed by atoms with Crippen LogP contribution in [0.1, 0.15) is 65.2 Å². The molecular weight excluding hydrogens is 218 g/mol. The number of halogens is 2. The molecule has 100 valence electrons. The number of alkyl halides is 2. The minimum atomic E-state index is -2.45.